The zero-order chi connectivity index (χ0) is 25.7. The van der Waals surface area contributed by atoms with Crippen LogP contribution in [0.2, 0.25) is 0 Å². The van der Waals surface area contributed by atoms with Crippen LogP contribution in [0.3, 0.4) is 0 Å². The number of carbonyl (C=O) groups is 1. The summed E-state index contributed by atoms with van der Waals surface area (Å²) in [4.78, 5) is 43.3. The lowest BCUT2D eigenvalue weighted by molar-refractivity contribution is -0.389. The molecule has 0 aromatic carbocycles. The molecule has 13 heteroatoms. The third kappa shape index (κ3) is 7.61. The van der Waals surface area contributed by atoms with Crippen LogP contribution in [-0.2, 0) is 4.74 Å². The van der Waals surface area contributed by atoms with Crippen molar-refractivity contribution in [2.45, 2.75) is 45.8 Å². The fraction of sp³-hybridized carbons (Fsp3) is 0.476. The summed E-state index contributed by atoms with van der Waals surface area (Å²) in [6, 6.07) is 5.99. The van der Waals surface area contributed by atoms with E-state index < -0.39 is 21.0 Å². The second-order valence-electron chi connectivity index (χ2n) is 9.09. The number of rotatable bonds is 3. The van der Waals surface area contributed by atoms with Crippen molar-refractivity contribution in [3.63, 3.8) is 0 Å². The minimum Gasteiger partial charge on any atom is -0.444 e. The molecule has 0 radical (unpaired) electrons. The fourth-order valence-corrected chi connectivity index (χ4v) is 3.41. The molecule has 34 heavy (non-hydrogen) atoms. The summed E-state index contributed by atoms with van der Waals surface area (Å²) in [5.41, 5.74) is -0.160. The molecule has 2 aromatic heterocycles. The monoisotopic (exact) mass is 538 g/mol. The number of carbonyl (C=O) groups excluding carboxylic acids is 1. The van der Waals surface area contributed by atoms with Crippen LogP contribution in [-0.4, -0.2) is 61.6 Å². The van der Waals surface area contributed by atoms with E-state index in [4.69, 9.17) is 4.74 Å². The van der Waals surface area contributed by atoms with E-state index in [1.165, 1.54) is 24.5 Å². The first kappa shape index (κ1) is 26.9. The third-order valence-corrected chi connectivity index (χ3v) is 5.17. The van der Waals surface area contributed by atoms with Crippen LogP contribution in [0, 0.1) is 20.2 Å². The standard InChI is InChI=1S/C16H24N4O4.C5H3BrN2O2/c1-15(2,3)24-14(21)19-9-8-18(11-16(19,4)5)12-6-7-13(17-10-12)20(22)23;6-4-1-2-5(7-3-4)8(9)10/h6-7,10H,8-9,11H2,1-5H3;1-3H. The number of halogens is 1. The molecule has 0 atom stereocenters. The molecule has 0 N–H and O–H groups in total. The van der Waals surface area contributed by atoms with Crippen molar-refractivity contribution in [2.24, 2.45) is 0 Å². The van der Waals surface area contributed by atoms with Gasteiger partial charge in [-0.05, 0) is 82.5 Å². The second kappa shape index (κ2) is 10.7. The van der Waals surface area contributed by atoms with Crippen molar-refractivity contribution in [3.8, 4) is 0 Å². The normalized spacial score (nSPS) is 15.1. The minimum absolute atomic E-state index is 0.136. The maximum atomic E-state index is 12.4. The van der Waals surface area contributed by atoms with E-state index in [2.05, 4.69) is 30.8 Å². The van der Waals surface area contributed by atoms with Crippen LogP contribution in [0.4, 0.5) is 22.1 Å². The molecule has 12 nitrogen and oxygen atoms in total. The Balaban J connectivity index is 0.000000340. The summed E-state index contributed by atoms with van der Waals surface area (Å²) in [5, 5.41) is 20.7. The van der Waals surface area contributed by atoms with Gasteiger partial charge in [0.25, 0.3) is 0 Å². The highest BCUT2D eigenvalue weighted by atomic mass is 79.9. The molecule has 0 aliphatic carbocycles. The van der Waals surface area contributed by atoms with Gasteiger partial charge in [0.2, 0.25) is 0 Å². The maximum Gasteiger partial charge on any atom is 0.410 e. The summed E-state index contributed by atoms with van der Waals surface area (Å²) >= 11 is 3.11. The molecule has 1 amide bonds. The lowest BCUT2D eigenvalue weighted by Crippen LogP contribution is -2.61. The molecule has 2 aromatic rings. The summed E-state index contributed by atoms with van der Waals surface area (Å²) in [7, 11) is 0. The Morgan fingerprint density at radius 1 is 1.03 bits per heavy atom. The van der Waals surface area contributed by atoms with Gasteiger partial charge < -0.3 is 29.9 Å². The van der Waals surface area contributed by atoms with Gasteiger partial charge in [0.15, 0.2) is 12.4 Å². The Bertz CT molecular complexity index is 1020. The number of hydrogen-bond acceptors (Lipinski definition) is 9. The van der Waals surface area contributed by atoms with Crippen LogP contribution >= 0.6 is 15.9 Å². The molecule has 1 fully saturated rings. The number of anilines is 1. The minimum atomic E-state index is -0.535. The Morgan fingerprint density at radius 3 is 2.00 bits per heavy atom. The number of aromatic nitrogens is 2. The van der Waals surface area contributed by atoms with Gasteiger partial charge in [-0.2, -0.15) is 0 Å². The van der Waals surface area contributed by atoms with E-state index in [1.54, 1.807) is 17.0 Å². The lowest BCUT2D eigenvalue weighted by atomic mass is 9.99. The van der Waals surface area contributed by atoms with Crippen molar-refractivity contribution in [3.05, 3.63) is 61.4 Å². The Kier molecular flexibility index (Phi) is 8.48. The van der Waals surface area contributed by atoms with E-state index in [1.807, 2.05) is 34.6 Å². The summed E-state index contributed by atoms with van der Waals surface area (Å²) < 4.78 is 6.21. The number of piperazine rings is 1. The number of ether oxygens (including phenoxy) is 1. The van der Waals surface area contributed by atoms with E-state index in [9.17, 15) is 25.0 Å². The number of nitrogens with zero attached hydrogens (tertiary/aromatic N) is 6. The molecule has 0 spiro atoms. The summed E-state index contributed by atoms with van der Waals surface area (Å²) in [6.45, 7) is 11.2. The van der Waals surface area contributed by atoms with Crippen LogP contribution in [0.15, 0.2) is 41.1 Å². The summed E-state index contributed by atoms with van der Waals surface area (Å²) in [6.07, 6.45) is 2.56. The molecule has 0 saturated carbocycles. The van der Waals surface area contributed by atoms with Gasteiger partial charge in [-0.25, -0.2) is 4.79 Å². The molecule has 0 bridgehead atoms. The van der Waals surface area contributed by atoms with Crippen LogP contribution < -0.4 is 4.90 Å². The van der Waals surface area contributed by atoms with Crippen molar-refractivity contribution >= 4 is 39.3 Å². The number of pyridine rings is 2. The van der Waals surface area contributed by atoms with E-state index in [0.29, 0.717) is 19.6 Å². The fourth-order valence-electron chi connectivity index (χ4n) is 3.18. The topological polar surface area (TPSA) is 145 Å². The molecular weight excluding hydrogens is 512 g/mol. The van der Waals surface area contributed by atoms with Gasteiger partial charge in [-0.15, -0.1) is 0 Å². The maximum absolute atomic E-state index is 12.4. The SMILES string of the molecule is CC(C)(C)OC(=O)N1CCN(c2ccc([N+](=O)[O-])nc2)CC1(C)C.O=[N+]([O-])c1ccc(Br)cn1. The van der Waals surface area contributed by atoms with Crippen molar-refractivity contribution < 1.29 is 19.4 Å². The van der Waals surface area contributed by atoms with Gasteiger partial charge in [-0.3, -0.25) is 4.90 Å². The first-order chi connectivity index (χ1) is 15.7. The molecule has 3 heterocycles. The number of nitro groups is 2. The molecule has 1 saturated heterocycles. The quantitative estimate of drug-likeness (QED) is 0.404. The van der Waals surface area contributed by atoms with E-state index in [0.717, 1.165) is 10.2 Å². The van der Waals surface area contributed by atoms with Gasteiger partial charge in [0.1, 0.15) is 5.60 Å². The molecule has 3 rings (SSSR count). The van der Waals surface area contributed by atoms with Crippen molar-refractivity contribution in [1.82, 2.24) is 14.9 Å². The molecule has 0 unspecified atom stereocenters. The van der Waals surface area contributed by atoms with Crippen LogP contribution in [0.5, 0.6) is 0 Å². The highest BCUT2D eigenvalue weighted by molar-refractivity contribution is 9.10. The Morgan fingerprint density at radius 2 is 1.59 bits per heavy atom. The third-order valence-electron chi connectivity index (χ3n) is 4.70. The van der Waals surface area contributed by atoms with Gasteiger partial charge in [0.05, 0.1) is 15.7 Å². The first-order valence-corrected chi connectivity index (χ1v) is 11.1. The number of hydrogen-bond donors (Lipinski definition) is 0. The number of amides is 1. The average molecular weight is 539 g/mol. The van der Waals surface area contributed by atoms with Gasteiger partial charge in [-0.1, -0.05) is 0 Å². The molecular formula is C21H27BrN6O6. The van der Waals surface area contributed by atoms with Gasteiger partial charge >= 0.3 is 17.7 Å². The smallest absolute Gasteiger partial charge is 0.410 e. The van der Waals surface area contributed by atoms with Gasteiger partial charge in [0, 0.05) is 31.8 Å². The molecule has 1 aliphatic heterocycles. The largest absolute Gasteiger partial charge is 0.444 e. The lowest BCUT2D eigenvalue weighted by Gasteiger charge is -2.47. The van der Waals surface area contributed by atoms with Crippen molar-refractivity contribution in [1.29, 1.82) is 0 Å². The van der Waals surface area contributed by atoms with Crippen LogP contribution in [0.25, 0.3) is 0 Å². The Labute approximate surface area is 205 Å². The van der Waals surface area contributed by atoms with E-state index >= 15 is 0 Å². The summed E-state index contributed by atoms with van der Waals surface area (Å²) in [5.74, 6) is -0.311. The van der Waals surface area contributed by atoms with Crippen LogP contribution in [0.1, 0.15) is 34.6 Å². The molecule has 1 aliphatic rings. The second-order valence-corrected chi connectivity index (χ2v) is 10.0. The zero-order valence-electron chi connectivity index (χ0n) is 19.6. The average Bonchev–Trinajstić information content (AvgIpc) is 2.72. The first-order valence-electron chi connectivity index (χ1n) is 10.3. The predicted molar refractivity (Wildman–Crippen MR) is 129 cm³/mol. The zero-order valence-corrected chi connectivity index (χ0v) is 21.2. The molecule has 184 valence electrons. The highest BCUT2D eigenvalue weighted by Crippen LogP contribution is 2.27. The predicted octanol–water partition coefficient (Wildman–Crippen LogP) is 4.58. The highest BCUT2D eigenvalue weighted by Gasteiger charge is 2.39. The Hall–Kier alpha value is -3.35. The van der Waals surface area contributed by atoms with E-state index in [-0.39, 0.29) is 17.7 Å². The van der Waals surface area contributed by atoms with Crippen molar-refractivity contribution in [2.75, 3.05) is 24.5 Å².